The maximum atomic E-state index is 12.6. The largest absolute Gasteiger partial charge is 0.449 e. The summed E-state index contributed by atoms with van der Waals surface area (Å²) in [6, 6.07) is 13.0. The third-order valence-corrected chi connectivity index (χ3v) is 4.60. The molecule has 174 valence electrons. The molecule has 9 nitrogen and oxygen atoms in total. The van der Waals surface area contributed by atoms with E-state index < -0.39 is 23.9 Å². The number of pyridine rings is 1. The van der Waals surface area contributed by atoms with Crippen molar-refractivity contribution in [3.05, 3.63) is 59.9 Å². The van der Waals surface area contributed by atoms with Gasteiger partial charge in [0.1, 0.15) is 12.6 Å². The summed E-state index contributed by atoms with van der Waals surface area (Å²) in [5.41, 5.74) is 1.76. The van der Waals surface area contributed by atoms with Gasteiger partial charge in [-0.1, -0.05) is 19.9 Å². The Morgan fingerprint density at radius 1 is 1.12 bits per heavy atom. The normalized spacial score (nSPS) is 11.2. The van der Waals surface area contributed by atoms with Crippen LogP contribution in [0.1, 0.15) is 42.7 Å². The molecule has 1 atom stereocenters. The third-order valence-electron chi connectivity index (χ3n) is 4.60. The maximum Gasteiger partial charge on any atom is 0.411 e. The molecule has 2 rings (SSSR count). The Morgan fingerprint density at radius 3 is 2.52 bits per heavy atom. The zero-order chi connectivity index (χ0) is 24.1. The molecule has 0 saturated heterocycles. The lowest BCUT2D eigenvalue weighted by atomic mass is 10.0. The molecule has 0 aliphatic carbocycles. The standard InChI is InChI=1S/C24H29N5O4/c1-17(2)16-21(23(31)27-14-12-25)29-22(30)18-8-10-20(11-9-18)28-24(32)33-15-5-7-19-6-3-4-13-26-19/h3-4,6,8-11,13,17,21H,5,7,14-16H2,1-2H3,(H,27,31)(H,28,32)(H,29,30). The second kappa shape index (κ2) is 13.5. The summed E-state index contributed by atoms with van der Waals surface area (Å²) in [6.07, 6.45) is 2.95. The van der Waals surface area contributed by atoms with Gasteiger partial charge in [-0.05, 0) is 61.6 Å². The smallest absolute Gasteiger partial charge is 0.411 e. The first kappa shape index (κ1) is 25.3. The molecule has 33 heavy (non-hydrogen) atoms. The number of ether oxygens (including phenoxy) is 1. The number of amides is 3. The molecule has 0 aliphatic heterocycles. The van der Waals surface area contributed by atoms with Crippen molar-refractivity contribution in [2.24, 2.45) is 5.92 Å². The minimum absolute atomic E-state index is 0.122. The molecule has 9 heteroatoms. The summed E-state index contributed by atoms with van der Waals surface area (Å²) in [6.45, 7) is 4.01. The second-order valence-corrected chi connectivity index (χ2v) is 7.79. The molecule has 1 heterocycles. The average molecular weight is 452 g/mol. The Morgan fingerprint density at radius 2 is 1.88 bits per heavy atom. The summed E-state index contributed by atoms with van der Waals surface area (Å²) >= 11 is 0. The number of aromatic nitrogens is 1. The fraction of sp³-hybridized carbons (Fsp3) is 0.375. The van der Waals surface area contributed by atoms with E-state index in [1.54, 1.807) is 30.5 Å². The van der Waals surface area contributed by atoms with Crippen LogP contribution < -0.4 is 16.0 Å². The van der Waals surface area contributed by atoms with E-state index in [0.717, 1.165) is 5.69 Å². The molecule has 0 aliphatic rings. The Bertz CT molecular complexity index is 955. The van der Waals surface area contributed by atoms with Crippen molar-refractivity contribution in [2.45, 2.75) is 39.2 Å². The first-order valence-corrected chi connectivity index (χ1v) is 10.8. The number of hydrogen-bond donors (Lipinski definition) is 3. The van der Waals surface area contributed by atoms with Crippen molar-refractivity contribution in [3.63, 3.8) is 0 Å². The van der Waals surface area contributed by atoms with Gasteiger partial charge in [0.05, 0.1) is 12.7 Å². The van der Waals surface area contributed by atoms with E-state index in [4.69, 9.17) is 10.00 Å². The van der Waals surface area contributed by atoms with Crippen LogP contribution in [-0.2, 0) is 16.0 Å². The van der Waals surface area contributed by atoms with Gasteiger partial charge in [-0.2, -0.15) is 5.26 Å². The van der Waals surface area contributed by atoms with Crippen LogP contribution >= 0.6 is 0 Å². The summed E-state index contributed by atoms with van der Waals surface area (Å²) in [7, 11) is 0. The Balaban J connectivity index is 1.82. The molecule has 0 fully saturated rings. The van der Waals surface area contributed by atoms with E-state index in [-0.39, 0.29) is 19.1 Å². The highest BCUT2D eigenvalue weighted by Gasteiger charge is 2.22. The lowest BCUT2D eigenvalue weighted by Crippen LogP contribution is -2.47. The van der Waals surface area contributed by atoms with Crippen LogP contribution in [0.25, 0.3) is 0 Å². The van der Waals surface area contributed by atoms with Crippen LogP contribution in [0, 0.1) is 17.2 Å². The van der Waals surface area contributed by atoms with Crippen LogP contribution in [0.15, 0.2) is 48.7 Å². The zero-order valence-electron chi connectivity index (χ0n) is 18.8. The predicted octanol–water partition coefficient (Wildman–Crippen LogP) is 3.05. The van der Waals surface area contributed by atoms with Gasteiger partial charge < -0.3 is 15.4 Å². The number of anilines is 1. The Hall–Kier alpha value is -3.93. The molecular weight excluding hydrogens is 422 g/mol. The summed E-state index contributed by atoms with van der Waals surface area (Å²) in [5.74, 6) is -0.649. The average Bonchev–Trinajstić information content (AvgIpc) is 2.80. The van der Waals surface area contributed by atoms with Gasteiger partial charge in [-0.3, -0.25) is 19.9 Å². The Kier molecular flexibility index (Phi) is 10.3. The number of rotatable bonds is 11. The molecule has 0 bridgehead atoms. The fourth-order valence-corrected chi connectivity index (χ4v) is 3.02. The number of nitriles is 1. The molecule has 2 aromatic rings. The van der Waals surface area contributed by atoms with E-state index >= 15 is 0 Å². The van der Waals surface area contributed by atoms with Gasteiger partial charge in [0.15, 0.2) is 0 Å². The van der Waals surface area contributed by atoms with E-state index in [9.17, 15) is 14.4 Å². The van der Waals surface area contributed by atoms with Crippen molar-refractivity contribution in [3.8, 4) is 6.07 Å². The number of hydrogen-bond acceptors (Lipinski definition) is 6. The number of nitrogens with zero attached hydrogens (tertiary/aromatic N) is 2. The highest BCUT2D eigenvalue weighted by molar-refractivity contribution is 5.98. The van der Waals surface area contributed by atoms with E-state index in [0.29, 0.717) is 30.5 Å². The molecule has 3 amide bonds. The van der Waals surface area contributed by atoms with Crippen LogP contribution in [-0.4, -0.2) is 42.1 Å². The van der Waals surface area contributed by atoms with Crippen LogP contribution in [0.5, 0.6) is 0 Å². The second-order valence-electron chi connectivity index (χ2n) is 7.79. The number of nitrogens with one attached hydrogen (secondary N) is 3. The molecule has 1 unspecified atom stereocenters. The van der Waals surface area contributed by atoms with E-state index in [2.05, 4.69) is 20.9 Å². The van der Waals surface area contributed by atoms with Crippen LogP contribution in [0.3, 0.4) is 0 Å². The SMILES string of the molecule is CC(C)CC(NC(=O)c1ccc(NC(=O)OCCCc2ccccn2)cc1)C(=O)NCC#N. The number of carbonyl (C=O) groups is 3. The van der Waals surface area contributed by atoms with Gasteiger partial charge in [-0.25, -0.2) is 4.79 Å². The van der Waals surface area contributed by atoms with Crippen molar-refractivity contribution < 1.29 is 19.1 Å². The molecule has 0 radical (unpaired) electrons. The van der Waals surface area contributed by atoms with Gasteiger partial charge in [0, 0.05) is 23.1 Å². The topological polar surface area (TPSA) is 133 Å². The van der Waals surface area contributed by atoms with Gasteiger partial charge in [0.25, 0.3) is 5.91 Å². The lowest BCUT2D eigenvalue weighted by molar-refractivity contribution is -0.123. The molecule has 0 spiro atoms. The fourth-order valence-electron chi connectivity index (χ4n) is 3.02. The van der Waals surface area contributed by atoms with Crippen molar-refractivity contribution in [1.82, 2.24) is 15.6 Å². The number of aryl methyl sites for hydroxylation is 1. The van der Waals surface area contributed by atoms with Gasteiger partial charge in [-0.15, -0.1) is 0 Å². The maximum absolute atomic E-state index is 12.6. The van der Waals surface area contributed by atoms with Gasteiger partial charge >= 0.3 is 6.09 Å². The molecular formula is C24H29N5O4. The van der Waals surface area contributed by atoms with Crippen molar-refractivity contribution in [2.75, 3.05) is 18.5 Å². The van der Waals surface area contributed by atoms with Crippen LogP contribution in [0.4, 0.5) is 10.5 Å². The zero-order valence-corrected chi connectivity index (χ0v) is 18.8. The third kappa shape index (κ3) is 9.39. The molecule has 3 N–H and O–H groups in total. The van der Waals surface area contributed by atoms with Crippen LogP contribution in [0.2, 0.25) is 0 Å². The van der Waals surface area contributed by atoms with E-state index in [1.807, 2.05) is 38.1 Å². The molecule has 0 saturated carbocycles. The minimum atomic E-state index is -0.746. The monoisotopic (exact) mass is 451 g/mol. The predicted molar refractivity (Wildman–Crippen MR) is 123 cm³/mol. The van der Waals surface area contributed by atoms with Crippen molar-refractivity contribution in [1.29, 1.82) is 5.26 Å². The lowest BCUT2D eigenvalue weighted by Gasteiger charge is -2.19. The number of benzene rings is 1. The quantitative estimate of drug-likeness (QED) is 0.355. The van der Waals surface area contributed by atoms with Gasteiger partial charge in [0.2, 0.25) is 5.91 Å². The Labute approximate surface area is 193 Å². The summed E-state index contributed by atoms with van der Waals surface area (Å²) in [4.78, 5) is 41.0. The van der Waals surface area contributed by atoms with Crippen molar-refractivity contribution >= 4 is 23.6 Å². The number of carbonyl (C=O) groups excluding carboxylic acids is 3. The molecule has 1 aromatic carbocycles. The summed E-state index contributed by atoms with van der Waals surface area (Å²) in [5, 5.41) is 16.4. The first-order chi connectivity index (χ1) is 15.9. The first-order valence-electron chi connectivity index (χ1n) is 10.8. The minimum Gasteiger partial charge on any atom is -0.449 e. The highest BCUT2D eigenvalue weighted by atomic mass is 16.5. The van der Waals surface area contributed by atoms with E-state index in [1.165, 1.54) is 0 Å². The molecule has 1 aromatic heterocycles. The highest BCUT2D eigenvalue weighted by Crippen LogP contribution is 2.12. The summed E-state index contributed by atoms with van der Waals surface area (Å²) < 4.78 is 5.17.